The van der Waals surface area contributed by atoms with E-state index in [1.807, 2.05) is 12.4 Å². The van der Waals surface area contributed by atoms with Crippen molar-refractivity contribution in [2.24, 2.45) is 9.98 Å². The molecule has 8 heteroatoms. The summed E-state index contributed by atoms with van der Waals surface area (Å²) in [6.07, 6.45) is 8.06. The van der Waals surface area contributed by atoms with Crippen molar-refractivity contribution in [1.29, 1.82) is 0 Å². The lowest BCUT2D eigenvalue weighted by Gasteiger charge is -2.07. The SMILES string of the molecule is C1=NC=NC1CCNCc1ccc(-c2cc3ncnc(Nc4ccc5[nH]ccc5c4)c3s2)cc1. The van der Waals surface area contributed by atoms with Crippen LogP contribution in [0.1, 0.15) is 12.0 Å². The summed E-state index contributed by atoms with van der Waals surface area (Å²) in [6.45, 7) is 1.75. The van der Waals surface area contributed by atoms with Crippen LogP contribution in [0, 0.1) is 0 Å². The summed E-state index contributed by atoms with van der Waals surface area (Å²) in [5, 5.41) is 8.12. The maximum absolute atomic E-state index is 4.52. The molecule has 5 aromatic rings. The fourth-order valence-electron chi connectivity index (χ4n) is 4.07. The van der Waals surface area contributed by atoms with E-state index in [4.69, 9.17) is 0 Å². The highest BCUT2D eigenvalue weighted by Gasteiger charge is 2.11. The summed E-state index contributed by atoms with van der Waals surface area (Å²) in [7, 11) is 0. The van der Waals surface area contributed by atoms with Gasteiger partial charge in [-0.15, -0.1) is 11.3 Å². The lowest BCUT2D eigenvalue weighted by Crippen LogP contribution is -2.19. The highest BCUT2D eigenvalue weighted by molar-refractivity contribution is 7.22. The molecule has 1 unspecified atom stereocenters. The molecule has 2 aromatic carbocycles. The van der Waals surface area contributed by atoms with Gasteiger partial charge in [0.05, 0.1) is 16.3 Å². The fourth-order valence-corrected chi connectivity index (χ4v) is 5.13. The Bertz CT molecular complexity index is 1480. The highest BCUT2D eigenvalue weighted by atomic mass is 32.1. The summed E-state index contributed by atoms with van der Waals surface area (Å²) in [6, 6.07) is 19.4. The van der Waals surface area contributed by atoms with Crippen molar-refractivity contribution in [3.05, 3.63) is 72.7 Å². The number of benzene rings is 2. The monoisotopic (exact) mass is 465 g/mol. The van der Waals surface area contributed by atoms with Crippen molar-refractivity contribution < 1.29 is 0 Å². The van der Waals surface area contributed by atoms with Crippen LogP contribution >= 0.6 is 11.3 Å². The van der Waals surface area contributed by atoms with Gasteiger partial charge in [0.1, 0.15) is 12.7 Å². The normalized spacial score (nSPS) is 15.0. The molecule has 7 nitrogen and oxygen atoms in total. The van der Waals surface area contributed by atoms with Crippen LogP contribution in [0.15, 0.2) is 77.1 Å². The highest BCUT2D eigenvalue weighted by Crippen LogP contribution is 2.36. The van der Waals surface area contributed by atoms with Gasteiger partial charge < -0.3 is 15.6 Å². The zero-order valence-electron chi connectivity index (χ0n) is 18.4. The second-order valence-corrected chi connectivity index (χ2v) is 9.30. The number of rotatable bonds is 8. The predicted molar refractivity (Wildman–Crippen MR) is 142 cm³/mol. The van der Waals surface area contributed by atoms with Crippen LogP contribution in [0.25, 0.3) is 31.6 Å². The van der Waals surface area contributed by atoms with Crippen LogP contribution in [0.4, 0.5) is 11.5 Å². The first kappa shape index (κ1) is 20.7. The van der Waals surface area contributed by atoms with Gasteiger partial charge in [0.15, 0.2) is 5.82 Å². The number of fused-ring (bicyclic) bond motifs is 2. The molecule has 0 radical (unpaired) electrons. The second kappa shape index (κ2) is 9.17. The maximum Gasteiger partial charge on any atom is 0.151 e. The number of nitrogens with zero attached hydrogens (tertiary/aromatic N) is 4. The van der Waals surface area contributed by atoms with Crippen LogP contribution in [-0.2, 0) is 6.54 Å². The van der Waals surface area contributed by atoms with Crippen molar-refractivity contribution in [2.75, 3.05) is 11.9 Å². The first-order valence-corrected chi connectivity index (χ1v) is 12.1. The third-order valence-electron chi connectivity index (χ3n) is 5.89. The van der Waals surface area contributed by atoms with Gasteiger partial charge >= 0.3 is 0 Å². The molecule has 1 aliphatic heterocycles. The topological polar surface area (TPSA) is 90.3 Å². The zero-order chi connectivity index (χ0) is 22.7. The Kier molecular flexibility index (Phi) is 5.58. The minimum atomic E-state index is 0.224. The van der Waals surface area contributed by atoms with Crippen LogP contribution < -0.4 is 10.6 Å². The molecular formula is C26H23N7S. The van der Waals surface area contributed by atoms with Gasteiger partial charge in [0.25, 0.3) is 0 Å². The number of hydrogen-bond acceptors (Lipinski definition) is 7. The van der Waals surface area contributed by atoms with Crippen LogP contribution in [0.5, 0.6) is 0 Å². The van der Waals surface area contributed by atoms with Gasteiger partial charge in [-0.2, -0.15) is 0 Å². The van der Waals surface area contributed by atoms with Gasteiger partial charge in [0.2, 0.25) is 0 Å². The summed E-state index contributed by atoms with van der Waals surface area (Å²) < 4.78 is 1.05. The van der Waals surface area contributed by atoms with Gasteiger partial charge in [-0.05, 0) is 54.4 Å². The van der Waals surface area contributed by atoms with Gasteiger partial charge in [-0.25, -0.2) is 15.0 Å². The van der Waals surface area contributed by atoms with E-state index < -0.39 is 0 Å². The van der Waals surface area contributed by atoms with Gasteiger partial charge in [-0.1, -0.05) is 24.3 Å². The average molecular weight is 466 g/mol. The number of nitrogens with one attached hydrogen (secondary N) is 3. The van der Waals surface area contributed by atoms with Crippen LogP contribution in [0.3, 0.4) is 0 Å². The molecule has 0 amide bonds. The van der Waals surface area contributed by atoms with E-state index in [9.17, 15) is 0 Å². The van der Waals surface area contributed by atoms with Crippen molar-refractivity contribution in [1.82, 2.24) is 20.3 Å². The average Bonchev–Trinajstić information content (AvgIpc) is 3.63. The van der Waals surface area contributed by atoms with Crippen molar-refractivity contribution in [2.45, 2.75) is 19.0 Å². The Morgan fingerprint density at radius 1 is 1.00 bits per heavy atom. The molecule has 0 spiro atoms. The Morgan fingerprint density at radius 2 is 1.94 bits per heavy atom. The van der Waals surface area contributed by atoms with Gasteiger partial charge in [-0.3, -0.25) is 4.99 Å². The minimum Gasteiger partial charge on any atom is -0.361 e. The summed E-state index contributed by atoms with van der Waals surface area (Å²) in [4.78, 5) is 21.7. The summed E-state index contributed by atoms with van der Waals surface area (Å²) in [5.41, 5.74) is 5.52. The standard InChI is InChI=1S/C26H23N7S/c1-3-18(4-2-17(1)13-27-9-8-21-14-28-15-30-21)24-12-23-25(34-24)26(32-16-31-23)33-20-5-6-22-19(11-20)7-10-29-22/h1-7,10-12,14-16,21,27,29H,8-9,13H2,(H,31,32,33). The second-order valence-electron chi connectivity index (χ2n) is 8.24. The molecule has 0 fully saturated rings. The van der Waals surface area contributed by atoms with Crippen molar-refractivity contribution >= 4 is 56.5 Å². The van der Waals surface area contributed by atoms with E-state index in [0.717, 1.165) is 52.1 Å². The number of aromatic amines is 1. The Morgan fingerprint density at radius 3 is 2.82 bits per heavy atom. The molecule has 1 aliphatic rings. The minimum absolute atomic E-state index is 0.224. The van der Waals surface area contributed by atoms with Crippen LogP contribution in [-0.4, -0.2) is 40.1 Å². The lowest BCUT2D eigenvalue weighted by molar-refractivity contribution is 0.635. The molecule has 0 saturated heterocycles. The van der Waals surface area contributed by atoms with Gasteiger partial charge in [0, 0.05) is 40.4 Å². The third-order valence-corrected chi connectivity index (χ3v) is 7.07. The largest absolute Gasteiger partial charge is 0.361 e. The third kappa shape index (κ3) is 4.33. The first-order chi connectivity index (χ1) is 16.8. The molecule has 0 bridgehead atoms. The number of aliphatic imine (C=N–C) groups is 2. The Labute approximate surface area is 200 Å². The predicted octanol–water partition coefficient (Wildman–Crippen LogP) is 5.54. The smallest absolute Gasteiger partial charge is 0.151 e. The summed E-state index contributed by atoms with van der Waals surface area (Å²) >= 11 is 1.71. The summed E-state index contributed by atoms with van der Waals surface area (Å²) in [5.74, 6) is 0.827. The van der Waals surface area contributed by atoms with Crippen molar-refractivity contribution in [3.63, 3.8) is 0 Å². The number of anilines is 2. The number of H-pyrrole nitrogens is 1. The van der Waals surface area contributed by atoms with E-state index >= 15 is 0 Å². The zero-order valence-corrected chi connectivity index (χ0v) is 19.2. The number of thiophene rings is 1. The molecule has 0 saturated carbocycles. The molecule has 3 aromatic heterocycles. The van der Waals surface area contributed by atoms with E-state index in [0.29, 0.717) is 0 Å². The molecule has 3 N–H and O–H groups in total. The number of hydrogen-bond donors (Lipinski definition) is 3. The molecule has 1 atom stereocenters. The fraction of sp³-hybridized carbons (Fsp3) is 0.154. The van der Waals surface area contributed by atoms with Crippen LogP contribution in [0.2, 0.25) is 0 Å². The van der Waals surface area contributed by atoms with E-state index in [1.54, 1.807) is 24.0 Å². The molecular weight excluding hydrogens is 442 g/mol. The molecule has 34 heavy (non-hydrogen) atoms. The molecule has 0 aliphatic carbocycles. The van der Waals surface area contributed by atoms with E-state index in [-0.39, 0.29) is 6.04 Å². The number of aromatic nitrogens is 3. The maximum atomic E-state index is 4.52. The first-order valence-electron chi connectivity index (χ1n) is 11.3. The molecule has 168 valence electrons. The van der Waals surface area contributed by atoms with Crippen molar-refractivity contribution in [3.8, 4) is 10.4 Å². The Hall–Kier alpha value is -3.88. The lowest BCUT2D eigenvalue weighted by atomic mass is 10.1. The Balaban J connectivity index is 1.16. The van der Waals surface area contributed by atoms with E-state index in [2.05, 4.69) is 90.2 Å². The quantitative estimate of drug-likeness (QED) is 0.262. The molecule has 6 rings (SSSR count). The van der Waals surface area contributed by atoms with E-state index in [1.165, 1.54) is 16.0 Å². The molecule has 4 heterocycles.